The van der Waals surface area contributed by atoms with Gasteiger partial charge in [0.15, 0.2) is 0 Å². The van der Waals surface area contributed by atoms with Gasteiger partial charge in [-0.2, -0.15) is 5.26 Å². The van der Waals surface area contributed by atoms with E-state index >= 15 is 0 Å². The van der Waals surface area contributed by atoms with Gasteiger partial charge in [-0.3, -0.25) is 10.1 Å². The molecule has 0 fully saturated rings. The first-order chi connectivity index (χ1) is 8.24. The van der Waals surface area contributed by atoms with E-state index in [0.717, 1.165) is 5.39 Å². The van der Waals surface area contributed by atoms with Crippen LogP contribution in [-0.2, 0) is 6.54 Å². The highest BCUT2D eigenvalue weighted by molar-refractivity contribution is 5.88. The Morgan fingerprint density at radius 3 is 2.94 bits per heavy atom. The van der Waals surface area contributed by atoms with Crippen molar-refractivity contribution in [2.45, 2.75) is 19.4 Å². The molecule has 86 valence electrons. The van der Waals surface area contributed by atoms with Crippen LogP contribution in [-0.4, -0.2) is 9.49 Å². The molecule has 0 bridgehead atoms. The Morgan fingerprint density at radius 2 is 2.24 bits per heavy atom. The first-order valence-corrected chi connectivity index (χ1v) is 5.33. The number of nitro benzene ring substituents is 1. The van der Waals surface area contributed by atoms with Crippen molar-refractivity contribution in [3.63, 3.8) is 0 Å². The number of non-ortho nitro benzene ring substituents is 1. The van der Waals surface area contributed by atoms with Gasteiger partial charge in [0.25, 0.3) is 5.69 Å². The molecule has 5 heteroatoms. The van der Waals surface area contributed by atoms with Crippen LogP contribution in [0.3, 0.4) is 0 Å². The van der Waals surface area contributed by atoms with Gasteiger partial charge < -0.3 is 4.57 Å². The Balaban J connectivity index is 2.43. The molecule has 17 heavy (non-hydrogen) atoms. The second-order valence-electron chi connectivity index (χ2n) is 3.74. The van der Waals surface area contributed by atoms with Crippen LogP contribution in [0.5, 0.6) is 0 Å². The molecule has 2 aromatic rings. The maximum Gasteiger partial charge on any atom is 0.293 e. The van der Waals surface area contributed by atoms with E-state index in [-0.39, 0.29) is 10.6 Å². The minimum Gasteiger partial charge on any atom is -0.342 e. The number of hydrogen-bond acceptors (Lipinski definition) is 3. The summed E-state index contributed by atoms with van der Waals surface area (Å²) in [4.78, 5) is 10.6. The Morgan fingerprint density at radius 1 is 1.41 bits per heavy atom. The molecule has 0 aliphatic heterocycles. The number of nitro groups is 1. The number of unbranched alkanes of at least 4 members (excludes halogenated alkanes) is 1. The normalized spacial score (nSPS) is 10.3. The first-order valence-electron chi connectivity index (χ1n) is 5.33. The molecule has 1 aromatic heterocycles. The quantitative estimate of drug-likeness (QED) is 0.459. The second kappa shape index (κ2) is 4.66. The number of aromatic nitrogens is 1. The Labute approximate surface area is 98.0 Å². The second-order valence-corrected chi connectivity index (χ2v) is 3.74. The number of hydrogen-bond donors (Lipinski definition) is 0. The van der Waals surface area contributed by atoms with E-state index in [1.807, 2.05) is 22.9 Å². The third-order valence-electron chi connectivity index (χ3n) is 2.65. The van der Waals surface area contributed by atoms with E-state index in [9.17, 15) is 10.1 Å². The van der Waals surface area contributed by atoms with Gasteiger partial charge in [0.2, 0.25) is 0 Å². The predicted molar refractivity (Wildman–Crippen MR) is 63.4 cm³/mol. The van der Waals surface area contributed by atoms with Crippen LogP contribution in [0.4, 0.5) is 5.69 Å². The van der Waals surface area contributed by atoms with Gasteiger partial charge >= 0.3 is 0 Å². The molecule has 0 radical (unpaired) electrons. The molecule has 0 unspecified atom stereocenters. The average molecular weight is 229 g/mol. The Bertz CT molecular complexity index is 595. The summed E-state index contributed by atoms with van der Waals surface area (Å²) in [5.41, 5.74) is 0.750. The molecule has 2 rings (SSSR count). The fraction of sp³-hybridized carbons (Fsp3) is 0.250. The molecular formula is C12H11N3O2. The van der Waals surface area contributed by atoms with Crippen molar-refractivity contribution in [1.29, 1.82) is 5.26 Å². The molecule has 0 aliphatic rings. The van der Waals surface area contributed by atoms with Gasteiger partial charge in [0.05, 0.1) is 11.0 Å². The monoisotopic (exact) mass is 229 g/mol. The Hall–Kier alpha value is -2.35. The summed E-state index contributed by atoms with van der Waals surface area (Å²) in [6.07, 6.45) is 2.99. The average Bonchev–Trinajstić information content (AvgIpc) is 2.73. The number of nitriles is 1. The number of benzene rings is 1. The van der Waals surface area contributed by atoms with E-state index in [0.29, 0.717) is 24.9 Å². The summed E-state index contributed by atoms with van der Waals surface area (Å²) in [7, 11) is 0. The van der Waals surface area contributed by atoms with Gasteiger partial charge in [-0.05, 0) is 12.5 Å². The molecule has 0 N–H and O–H groups in total. The third-order valence-corrected chi connectivity index (χ3v) is 2.65. The van der Waals surface area contributed by atoms with E-state index in [1.165, 1.54) is 6.07 Å². The van der Waals surface area contributed by atoms with E-state index in [4.69, 9.17) is 5.26 Å². The molecular weight excluding hydrogens is 218 g/mol. The van der Waals surface area contributed by atoms with E-state index in [2.05, 4.69) is 6.07 Å². The van der Waals surface area contributed by atoms with Crippen molar-refractivity contribution < 1.29 is 4.92 Å². The summed E-state index contributed by atoms with van der Waals surface area (Å²) in [6.45, 7) is 0.627. The topological polar surface area (TPSA) is 71.9 Å². The summed E-state index contributed by atoms with van der Waals surface area (Å²) in [5, 5.41) is 20.3. The Kier molecular flexibility index (Phi) is 3.06. The molecule has 1 heterocycles. The number of aryl methyl sites for hydroxylation is 1. The molecule has 1 aromatic carbocycles. The highest BCUT2D eigenvalue weighted by atomic mass is 16.6. The van der Waals surface area contributed by atoms with Crippen LogP contribution < -0.4 is 0 Å². The van der Waals surface area contributed by atoms with Crippen molar-refractivity contribution in [3.05, 3.63) is 40.6 Å². The number of para-hydroxylation sites is 1. The van der Waals surface area contributed by atoms with Gasteiger partial charge in [-0.25, -0.2) is 0 Å². The molecule has 5 nitrogen and oxygen atoms in total. The maximum atomic E-state index is 10.9. The highest BCUT2D eigenvalue weighted by Crippen LogP contribution is 2.26. The minimum absolute atomic E-state index is 0.115. The third kappa shape index (κ3) is 2.11. The van der Waals surface area contributed by atoms with Crippen LogP contribution >= 0.6 is 0 Å². The molecule has 0 atom stereocenters. The standard InChI is InChI=1S/C12H11N3O2/c13-7-1-2-8-14-9-6-10-4-3-5-11(12(10)14)15(16)17/h3-6,9H,1-2,8H2. The van der Waals surface area contributed by atoms with Crippen LogP contribution in [0, 0.1) is 21.4 Å². The predicted octanol–water partition coefficient (Wildman–Crippen LogP) is 2.85. The fourth-order valence-electron chi connectivity index (χ4n) is 1.90. The lowest BCUT2D eigenvalue weighted by molar-refractivity contribution is -0.383. The molecule has 0 saturated heterocycles. The van der Waals surface area contributed by atoms with Gasteiger partial charge in [0, 0.05) is 30.6 Å². The highest BCUT2D eigenvalue weighted by Gasteiger charge is 2.14. The fourth-order valence-corrected chi connectivity index (χ4v) is 1.90. The van der Waals surface area contributed by atoms with Crippen molar-refractivity contribution in [2.24, 2.45) is 0 Å². The summed E-state index contributed by atoms with van der Waals surface area (Å²) in [6, 6.07) is 8.96. The summed E-state index contributed by atoms with van der Waals surface area (Å²) >= 11 is 0. The van der Waals surface area contributed by atoms with E-state index in [1.54, 1.807) is 6.07 Å². The first kappa shape index (κ1) is 11.1. The van der Waals surface area contributed by atoms with Crippen molar-refractivity contribution >= 4 is 16.6 Å². The smallest absolute Gasteiger partial charge is 0.293 e. The lowest BCUT2D eigenvalue weighted by Crippen LogP contribution is -1.98. The zero-order valence-corrected chi connectivity index (χ0v) is 9.17. The molecule has 0 spiro atoms. The molecule has 0 amide bonds. The van der Waals surface area contributed by atoms with Crippen LogP contribution in [0.15, 0.2) is 30.5 Å². The number of rotatable bonds is 4. The zero-order valence-electron chi connectivity index (χ0n) is 9.17. The number of nitrogens with zero attached hydrogens (tertiary/aromatic N) is 3. The lowest BCUT2D eigenvalue weighted by atomic mass is 10.2. The largest absolute Gasteiger partial charge is 0.342 e. The van der Waals surface area contributed by atoms with Crippen LogP contribution in [0.25, 0.3) is 10.9 Å². The zero-order chi connectivity index (χ0) is 12.3. The van der Waals surface area contributed by atoms with Gasteiger partial charge in [-0.15, -0.1) is 0 Å². The van der Waals surface area contributed by atoms with Gasteiger partial charge in [-0.1, -0.05) is 12.1 Å². The van der Waals surface area contributed by atoms with Crippen molar-refractivity contribution in [3.8, 4) is 6.07 Å². The van der Waals surface area contributed by atoms with Gasteiger partial charge in [0.1, 0.15) is 5.52 Å². The maximum absolute atomic E-state index is 10.9. The molecule has 0 aliphatic carbocycles. The SMILES string of the molecule is N#CCCCn1ccc2cccc([N+](=O)[O-])c21. The van der Waals surface area contributed by atoms with Crippen molar-refractivity contribution in [2.75, 3.05) is 0 Å². The van der Waals surface area contributed by atoms with Crippen LogP contribution in [0.2, 0.25) is 0 Å². The van der Waals surface area contributed by atoms with E-state index < -0.39 is 0 Å². The summed E-state index contributed by atoms with van der Waals surface area (Å²) in [5.74, 6) is 0. The van der Waals surface area contributed by atoms with Crippen LogP contribution in [0.1, 0.15) is 12.8 Å². The molecule has 0 saturated carbocycles. The van der Waals surface area contributed by atoms with Crippen molar-refractivity contribution in [1.82, 2.24) is 4.57 Å². The number of fused-ring (bicyclic) bond motifs is 1. The lowest BCUT2D eigenvalue weighted by Gasteiger charge is -2.03. The summed E-state index contributed by atoms with van der Waals surface area (Å²) < 4.78 is 1.84. The minimum atomic E-state index is -0.372.